The lowest BCUT2D eigenvalue weighted by atomic mass is 10.2. The van der Waals surface area contributed by atoms with E-state index in [1.54, 1.807) is 11.8 Å². The highest BCUT2D eigenvalue weighted by molar-refractivity contribution is 7.99. The van der Waals surface area contributed by atoms with Crippen LogP contribution in [0.2, 0.25) is 0 Å². The van der Waals surface area contributed by atoms with Gasteiger partial charge in [0.2, 0.25) is 0 Å². The van der Waals surface area contributed by atoms with E-state index in [1.165, 1.54) is 5.56 Å². The summed E-state index contributed by atoms with van der Waals surface area (Å²) in [6.07, 6.45) is 0. The molecule has 0 saturated carbocycles. The highest BCUT2D eigenvalue weighted by Gasteiger charge is 1.98. The van der Waals surface area contributed by atoms with E-state index >= 15 is 0 Å². The van der Waals surface area contributed by atoms with Gasteiger partial charge < -0.3 is 11.1 Å². The molecule has 0 aliphatic rings. The largest absolute Gasteiger partial charge is 0.398 e. The summed E-state index contributed by atoms with van der Waals surface area (Å²) in [7, 11) is 1.93. The average Bonchev–Trinajstić information content (AvgIpc) is 2.07. The van der Waals surface area contributed by atoms with E-state index in [0.717, 1.165) is 16.5 Å². The van der Waals surface area contributed by atoms with Crippen LogP contribution in [0.3, 0.4) is 0 Å². The molecule has 0 bridgehead atoms. The maximum absolute atomic E-state index is 5.78. The number of nitrogen functional groups attached to an aromatic ring is 1. The van der Waals surface area contributed by atoms with Crippen LogP contribution in [-0.2, 0) is 0 Å². The molecule has 0 amide bonds. The Bertz CT molecular complexity index is 261. The van der Waals surface area contributed by atoms with Gasteiger partial charge in [-0.1, -0.05) is 6.07 Å². The van der Waals surface area contributed by atoms with Gasteiger partial charge in [-0.15, -0.1) is 11.8 Å². The molecule has 0 radical (unpaired) electrons. The quantitative estimate of drug-likeness (QED) is 0.425. The van der Waals surface area contributed by atoms with Crippen LogP contribution >= 0.6 is 11.8 Å². The van der Waals surface area contributed by atoms with Gasteiger partial charge in [0.25, 0.3) is 0 Å². The minimum atomic E-state index is 0.862. The number of nitrogens with two attached hydrogens (primary N) is 1. The zero-order valence-corrected chi connectivity index (χ0v) is 8.24. The van der Waals surface area contributed by atoms with Crippen molar-refractivity contribution in [2.75, 3.05) is 18.7 Å². The van der Waals surface area contributed by atoms with Gasteiger partial charge in [-0.3, -0.25) is 0 Å². The van der Waals surface area contributed by atoms with E-state index in [-0.39, 0.29) is 0 Å². The van der Waals surface area contributed by atoms with Crippen LogP contribution in [0.1, 0.15) is 5.56 Å². The first-order chi connectivity index (χ1) is 5.74. The Labute approximate surface area is 77.5 Å². The maximum atomic E-state index is 5.78. The van der Waals surface area contributed by atoms with Crippen LogP contribution < -0.4 is 11.1 Å². The lowest BCUT2D eigenvalue weighted by Crippen LogP contribution is -2.03. The third-order valence-corrected chi connectivity index (χ3v) is 2.64. The highest BCUT2D eigenvalue weighted by Crippen LogP contribution is 2.24. The van der Waals surface area contributed by atoms with E-state index < -0.39 is 0 Å². The van der Waals surface area contributed by atoms with Crippen molar-refractivity contribution in [1.29, 1.82) is 0 Å². The Morgan fingerprint density at radius 2 is 2.25 bits per heavy atom. The normalized spacial score (nSPS) is 10.2. The number of nitrogens with one attached hydrogen (secondary N) is 1. The molecular weight excluding hydrogens is 168 g/mol. The molecule has 0 aliphatic carbocycles. The van der Waals surface area contributed by atoms with Crippen LogP contribution in [0.25, 0.3) is 0 Å². The fourth-order valence-corrected chi connectivity index (χ4v) is 1.72. The minimum Gasteiger partial charge on any atom is -0.398 e. The predicted octanol–water partition coefficient (Wildman–Crippen LogP) is 1.85. The van der Waals surface area contributed by atoms with Crippen molar-refractivity contribution in [3.8, 4) is 0 Å². The Morgan fingerprint density at radius 3 is 2.92 bits per heavy atom. The molecule has 12 heavy (non-hydrogen) atoms. The molecule has 0 aliphatic heterocycles. The van der Waals surface area contributed by atoms with Crippen molar-refractivity contribution in [3.05, 3.63) is 23.8 Å². The van der Waals surface area contributed by atoms with Crippen LogP contribution in [0.4, 0.5) is 5.69 Å². The fraction of sp³-hybridized carbons (Fsp3) is 0.333. The third-order valence-electron chi connectivity index (χ3n) is 1.54. The number of hydrogen-bond acceptors (Lipinski definition) is 3. The summed E-state index contributed by atoms with van der Waals surface area (Å²) < 4.78 is 0. The molecule has 2 nitrogen and oxygen atoms in total. The Balaban J connectivity index is 2.75. The van der Waals surface area contributed by atoms with Gasteiger partial charge in [-0.25, -0.2) is 0 Å². The lowest BCUT2D eigenvalue weighted by Gasteiger charge is -2.05. The molecule has 0 fully saturated rings. The average molecular weight is 182 g/mol. The smallest absolute Gasteiger partial charge is 0.0464 e. The highest BCUT2D eigenvalue weighted by atomic mass is 32.2. The maximum Gasteiger partial charge on any atom is 0.0464 e. The molecule has 0 spiro atoms. The second-order valence-corrected chi connectivity index (χ2v) is 3.70. The van der Waals surface area contributed by atoms with E-state index in [2.05, 4.69) is 18.3 Å². The monoisotopic (exact) mass is 182 g/mol. The molecule has 1 rings (SSSR count). The van der Waals surface area contributed by atoms with Gasteiger partial charge in [0.05, 0.1) is 0 Å². The topological polar surface area (TPSA) is 38.0 Å². The first-order valence-corrected chi connectivity index (χ1v) is 4.86. The van der Waals surface area contributed by atoms with Crippen molar-refractivity contribution in [2.24, 2.45) is 0 Å². The molecule has 3 N–H and O–H groups in total. The van der Waals surface area contributed by atoms with Crippen molar-refractivity contribution in [3.63, 3.8) is 0 Å². The first-order valence-electron chi connectivity index (χ1n) is 3.87. The molecular formula is C9H14N2S. The second-order valence-electron chi connectivity index (χ2n) is 2.68. The van der Waals surface area contributed by atoms with E-state index in [4.69, 9.17) is 5.73 Å². The summed E-state index contributed by atoms with van der Waals surface area (Å²) in [6, 6.07) is 6.09. The van der Waals surface area contributed by atoms with Gasteiger partial charge in [-0.05, 0) is 31.7 Å². The number of thioether (sulfide) groups is 1. The van der Waals surface area contributed by atoms with Crippen LogP contribution in [0.5, 0.6) is 0 Å². The number of anilines is 1. The summed E-state index contributed by atoms with van der Waals surface area (Å²) in [6.45, 7) is 2.07. The molecule has 0 saturated heterocycles. The number of aryl methyl sites for hydroxylation is 1. The van der Waals surface area contributed by atoms with Crippen molar-refractivity contribution >= 4 is 17.4 Å². The second kappa shape index (κ2) is 4.38. The van der Waals surface area contributed by atoms with Crippen LogP contribution in [-0.4, -0.2) is 12.9 Å². The van der Waals surface area contributed by atoms with Crippen LogP contribution in [0, 0.1) is 6.92 Å². The van der Waals surface area contributed by atoms with E-state index in [1.807, 2.05) is 19.2 Å². The Hall–Kier alpha value is -0.670. The summed E-state index contributed by atoms with van der Waals surface area (Å²) in [5.74, 6) is 0.896. The van der Waals surface area contributed by atoms with Gasteiger partial charge in [0.15, 0.2) is 0 Å². The third kappa shape index (κ3) is 2.43. The molecule has 0 heterocycles. The van der Waals surface area contributed by atoms with Crippen molar-refractivity contribution < 1.29 is 0 Å². The molecule has 0 aromatic heterocycles. The minimum absolute atomic E-state index is 0.862. The molecule has 66 valence electrons. The predicted molar refractivity (Wildman–Crippen MR) is 55.4 cm³/mol. The zero-order valence-electron chi connectivity index (χ0n) is 7.42. The molecule has 1 aromatic carbocycles. The molecule has 3 heteroatoms. The standard InChI is InChI=1S/C9H14N2S/c1-7-3-4-8(10)9(5-7)12-6-11-2/h3-5,11H,6,10H2,1-2H3. The molecule has 0 atom stereocenters. The summed E-state index contributed by atoms with van der Waals surface area (Å²) in [5, 5.41) is 3.07. The van der Waals surface area contributed by atoms with Crippen LogP contribution in [0.15, 0.2) is 23.1 Å². The van der Waals surface area contributed by atoms with E-state index in [9.17, 15) is 0 Å². The Morgan fingerprint density at radius 1 is 1.50 bits per heavy atom. The summed E-state index contributed by atoms with van der Waals surface area (Å²) >= 11 is 1.73. The number of hydrogen-bond donors (Lipinski definition) is 2. The fourth-order valence-electron chi connectivity index (χ4n) is 0.917. The van der Waals surface area contributed by atoms with Gasteiger partial charge in [0, 0.05) is 16.5 Å². The van der Waals surface area contributed by atoms with Gasteiger partial charge in [0.1, 0.15) is 0 Å². The van der Waals surface area contributed by atoms with E-state index in [0.29, 0.717) is 0 Å². The SMILES string of the molecule is CNCSc1cc(C)ccc1N. The molecule has 0 unspecified atom stereocenters. The lowest BCUT2D eigenvalue weighted by molar-refractivity contribution is 0.982. The van der Waals surface area contributed by atoms with Crippen molar-refractivity contribution in [1.82, 2.24) is 5.32 Å². The molecule has 1 aromatic rings. The first kappa shape index (κ1) is 9.42. The van der Waals surface area contributed by atoms with Crippen molar-refractivity contribution in [2.45, 2.75) is 11.8 Å². The van der Waals surface area contributed by atoms with Gasteiger partial charge >= 0.3 is 0 Å². The summed E-state index contributed by atoms with van der Waals surface area (Å²) in [4.78, 5) is 1.16. The van der Waals surface area contributed by atoms with Gasteiger partial charge in [-0.2, -0.15) is 0 Å². The number of benzene rings is 1. The summed E-state index contributed by atoms with van der Waals surface area (Å²) in [5.41, 5.74) is 7.90. The Kier molecular flexibility index (Phi) is 3.44. The number of rotatable bonds is 3. The zero-order chi connectivity index (χ0) is 8.97.